The molecule has 28 heavy (non-hydrogen) atoms. The monoisotopic (exact) mass is 404 g/mol. The number of sulfonamides is 1. The van der Waals surface area contributed by atoms with Gasteiger partial charge in [-0.2, -0.15) is 13.5 Å². The standard InChI is InChI=1S/C22H32N2O3S/c1-15-5-7-16(8-6-15)28(26,27)24-23-19-10-12-22(25)14-21(19,4)11-9-17-18(22)13-20(17,2)3/h5-8,17-18,24-25H,9-14H2,1-4H3. The van der Waals surface area contributed by atoms with Crippen molar-refractivity contribution < 1.29 is 13.5 Å². The molecule has 0 radical (unpaired) electrons. The number of hydrogen-bond acceptors (Lipinski definition) is 4. The maximum absolute atomic E-state index is 12.6. The molecule has 2 N–H and O–H groups in total. The van der Waals surface area contributed by atoms with Crippen LogP contribution in [0, 0.1) is 29.6 Å². The molecule has 0 heterocycles. The van der Waals surface area contributed by atoms with Gasteiger partial charge in [0, 0.05) is 11.1 Å². The first-order valence-corrected chi connectivity index (χ1v) is 11.8. The molecule has 6 heteroatoms. The normalized spacial score (nSPS) is 38.2. The predicted octanol–water partition coefficient (Wildman–Crippen LogP) is 4.01. The van der Waals surface area contributed by atoms with Gasteiger partial charge in [0.05, 0.1) is 10.5 Å². The summed E-state index contributed by atoms with van der Waals surface area (Å²) < 4.78 is 25.3. The Morgan fingerprint density at radius 2 is 1.79 bits per heavy atom. The first kappa shape index (κ1) is 19.9. The SMILES string of the molecule is Cc1ccc(S(=O)(=O)NN=C2CCC3(O)CC2(C)CCC2C3CC2(C)C)cc1. The van der Waals surface area contributed by atoms with Gasteiger partial charge in [0.2, 0.25) is 0 Å². The maximum atomic E-state index is 12.6. The van der Waals surface area contributed by atoms with Gasteiger partial charge in [0.1, 0.15) is 0 Å². The second kappa shape index (κ2) is 6.30. The van der Waals surface area contributed by atoms with E-state index in [1.54, 1.807) is 24.3 Å². The zero-order valence-corrected chi connectivity index (χ0v) is 18.1. The second-order valence-electron chi connectivity index (χ2n) is 10.3. The summed E-state index contributed by atoms with van der Waals surface area (Å²) in [7, 11) is -3.68. The smallest absolute Gasteiger partial charge is 0.276 e. The van der Waals surface area contributed by atoms with Crippen LogP contribution in [-0.4, -0.2) is 24.8 Å². The Bertz CT molecular complexity index is 906. The Balaban J connectivity index is 1.57. The highest BCUT2D eigenvalue weighted by atomic mass is 32.2. The first-order valence-electron chi connectivity index (χ1n) is 10.3. The Labute approximate surface area is 168 Å². The van der Waals surface area contributed by atoms with Gasteiger partial charge in [-0.05, 0) is 74.8 Å². The lowest BCUT2D eigenvalue weighted by Crippen LogP contribution is -2.57. The number of nitrogens with zero attached hydrogens (tertiary/aromatic N) is 1. The molecule has 0 saturated heterocycles. The van der Waals surface area contributed by atoms with Gasteiger partial charge in [0.15, 0.2) is 0 Å². The summed E-state index contributed by atoms with van der Waals surface area (Å²) in [4.78, 5) is 2.68. The van der Waals surface area contributed by atoms with Crippen LogP contribution in [0.1, 0.15) is 64.9 Å². The molecule has 154 valence electrons. The van der Waals surface area contributed by atoms with Crippen molar-refractivity contribution >= 4 is 15.7 Å². The Hall–Kier alpha value is -1.40. The minimum Gasteiger partial charge on any atom is -0.390 e. The van der Waals surface area contributed by atoms with Gasteiger partial charge in [-0.25, -0.2) is 4.83 Å². The van der Waals surface area contributed by atoms with E-state index < -0.39 is 15.6 Å². The van der Waals surface area contributed by atoms with E-state index in [0.717, 1.165) is 30.5 Å². The van der Waals surface area contributed by atoms with Crippen LogP contribution < -0.4 is 4.83 Å². The van der Waals surface area contributed by atoms with E-state index in [2.05, 4.69) is 30.7 Å². The van der Waals surface area contributed by atoms with E-state index in [4.69, 9.17) is 0 Å². The largest absolute Gasteiger partial charge is 0.390 e. The van der Waals surface area contributed by atoms with Gasteiger partial charge in [-0.3, -0.25) is 0 Å². The van der Waals surface area contributed by atoms with E-state index in [9.17, 15) is 13.5 Å². The predicted molar refractivity (Wildman–Crippen MR) is 110 cm³/mol. The van der Waals surface area contributed by atoms with Gasteiger partial charge >= 0.3 is 0 Å². The molecule has 1 aromatic rings. The molecule has 3 saturated carbocycles. The van der Waals surface area contributed by atoms with E-state index >= 15 is 0 Å². The van der Waals surface area contributed by atoms with Crippen molar-refractivity contribution in [2.45, 2.75) is 76.7 Å². The quantitative estimate of drug-likeness (QED) is 0.747. The van der Waals surface area contributed by atoms with E-state index in [0.29, 0.717) is 36.5 Å². The van der Waals surface area contributed by atoms with Crippen molar-refractivity contribution in [3.05, 3.63) is 29.8 Å². The first-order chi connectivity index (χ1) is 13.0. The maximum Gasteiger partial charge on any atom is 0.276 e. The van der Waals surface area contributed by atoms with E-state index in [1.165, 1.54) is 0 Å². The molecule has 4 atom stereocenters. The zero-order chi connectivity index (χ0) is 20.4. The number of hydrogen-bond donors (Lipinski definition) is 2. The Kier molecular flexibility index (Phi) is 4.47. The average molecular weight is 405 g/mol. The van der Waals surface area contributed by atoms with Crippen molar-refractivity contribution in [3.63, 3.8) is 0 Å². The third kappa shape index (κ3) is 3.18. The molecule has 2 bridgehead atoms. The van der Waals surface area contributed by atoms with Crippen LogP contribution in [0.2, 0.25) is 0 Å². The summed E-state index contributed by atoms with van der Waals surface area (Å²) in [5, 5.41) is 15.8. The molecule has 0 spiro atoms. The molecule has 4 unspecified atom stereocenters. The lowest BCUT2D eigenvalue weighted by molar-refractivity contribution is -0.152. The van der Waals surface area contributed by atoms with Crippen molar-refractivity contribution in [2.24, 2.45) is 27.8 Å². The third-order valence-electron chi connectivity index (χ3n) is 7.75. The molecule has 4 rings (SSSR count). The average Bonchev–Trinajstić information content (AvgIpc) is 2.66. The van der Waals surface area contributed by atoms with Gasteiger partial charge < -0.3 is 5.11 Å². The molecule has 3 aliphatic rings. The van der Waals surface area contributed by atoms with Crippen LogP contribution in [0.15, 0.2) is 34.3 Å². The minimum atomic E-state index is -3.68. The number of fused-ring (bicyclic) bond motifs is 4. The highest BCUT2D eigenvalue weighted by Crippen LogP contribution is 2.64. The Morgan fingerprint density at radius 1 is 1.11 bits per heavy atom. The lowest BCUT2D eigenvalue weighted by atomic mass is 9.49. The summed E-state index contributed by atoms with van der Waals surface area (Å²) in [6.45, 7) is 8.68. The van der Waals surface area contributed by atoms with Crippen molar-refractivity contribution in [2.75, 3.05) is 0 Å². The van der Waals surface area contributed by atoms with Crippen LogP contribution in [0.3, 0.4) is 0 Å². The lowest BCUT2D eigenvalue weighted by Gasteiger charge is -2.58. The summed E-state index contributed by atoms with van der Waals surface area (Å²) in [5.74, 6) is 0.915. The molecular formula is C22H32N2O3S. The number of hydrazone groups is 1. The molecular weight excluding hydrogens is 372 g/mol. The molecule has 1 aromatic carbocycles. The highest BCUT2D eigenvalue weighted by Gasteiger charge is 2.61. The number of aryl methyl sites for hydroxylation is 1. The fraction of sp³-hybridized carbons (Fsp3) is 0.682. The Morgan fingerprint density at radius 3 is 2.43 bits per heavy atom. The molecule has 0 amide bonds. The van der Waals surface area contributed by atoms with Gasteiger partial charge in [-0.15, -0.1) is 0 Å². The summed E-state index contributed by atoms with van der Waals surface area (Å²) in [6, 6.07) is 6.77. The summed E-state index contributed by atoms with van der Waals surface area (Å²) in [5.41, 5.74) is 1.29. The van der Waals surface area contributed by atoms with Gasteiger partial charge in [-0.1, -0.05) is 38.5 Å². The van der Waals surface area contributed by atoms with Crippen molar-refractivity contribution in [1.29, 1.82) is 0 Å². The fourth-order valence-corrected chi connectivity index (χ4v) is 6.83. The van der Waals surface area contributed by atoms with Gasteiger partial charge in [0.25, 0.3) is 10.0 Å². The van der Waals surface area contributed by atoms with Crippen molar-refractivity contribution in [1.82, 2.24) is 4.83 Å². The number of aliphatic hydroxyl groups is 1. The molecule has 0 aromatic heterocycles. The molecule has 5 nitrogen and oxygen atoms in total. The highest BCUT2D eigenvalue weighted by molar-refractivity contribution is 7.89. The molecule has 0 aliphatic heterocycles. The topological polar surface area (TPSA) is 78.8 Å². The van der Waals surface area contributed by atoms with E-state index in [1.807, 2.05) is 6.92 Å². The van der Waals surface area contributed by atoms with Crippen molar-refractivity contribution in [3.8, 4) is 0 Å². The summed E-state index contributed by atoms with van der Waals surface area (Å²) >= 11 is 0. The fourth-order valence-electron chi connectivity index (χ4n) is 6.00. The minimum absolute atomic E-state index is 0.223. The number of nitrogens with one attached hydrogen (secondary N) is 1. The summed E-state index contributed by atoms with van der Waals surface area (Å²) in [6.07, 6.45) is 5.10. The van der Waals surface area contributed by atoms with Crippen LogP contribution in [0.25, 0.3) is 0 Å². The molecule has 3 aliphatic carbocycles. The number of rotatable bonds is 3. The molecule has 3 fully saturated rings. The second-order valence-corrected chi connectivity index (χ2v) is 11.9. The van der Waals surface area contributed by atoms with Crippen LogP contribution in [0.5, 0.6) is 0 Å². The van der Waals surface area contributed by atoms with E-state index in [-0.39, 0.29) is 10.3 Å². The van der Waals surface area contributed by atoms with Crippen LogP contribution >= 0.6 is 0 Å². The van der Waals surface area contributed by atoms with Crippen LogP contribution in [0.4, 0.5) is 0 Å². The number of benzene rings is 1. The zero-order valence-electron chi connectivity index (χ0n) is 17.3. The third-order valence-corrected chi connectivity index (χ3v) is 8.98. The van der Waals surface area contributed by atoms with Crippen LogP contribution in [-0.2, 0) is 10.0 Å².